The number of hydrogen-bond donors (Lipinski definition) is 1. The number of carbonyl (C=O) groups is 1. The average molecular weight is 143 g/mol. The summed E-state index contributed by atoms with van der Waals surface area (Å²) < 4.78 is 4.63. The van der Waals surface area contributed by atoms with Crippen LogP contribution in [-0.2, 0) is 9.53 Å². The third kappa shape index (κ3) is 5.31. The van der Waals surface area contributed by atoms with Gasteiger partial charge in [0, 0.05) is 12.1 Å². The number of esters is 1. The molecule has 0 saturated carbocycles. The standard InChI is InChI=1S/C7H13NO2/c1-4-7(9)10-5-8-6(2)3/h4,6,8H,1,5H2,2-3H3. The van der Waals surface area contributed by atoms with Crippen molar-refractivity contribution >= 4 is 5.97 Å². The van der Waals surface area contributed by atoms with E-state index in [0.717, 1.165) is 6.08 Å². The van der Waals surface area contributed by atoms with Crippen LogP contribution in [0.3, 0.4) is 0 Å². The van der Waals surface area contributed by atoms with Crippen LogP contribution in [0.15, 0.2) is 12.7 Å². The largest absolute Gasteiger partial charge is 0.447 e. The third-order valence-corrected chi connectivity index (χ3v) is 0.873. The summed E-state index contributed by atoms with van der Waals surface area (Å²) in [5, 5.41) is 2.92. The highest BCUT2D eigenvalue weighted by Crippen LogP contribution is 1.78. The van der Waals surface area contributed by atoms with Crippen molar-refractivity contribution in [2.45, 2.75) is 19.9 Å². The van der Waals surface area contributed by atoms with Crippen molar-refractivity contribution in [2.24, 2.45) is 0 Å². The molecule has 0 aromatic carbocycles. The molecule has 0 amide bonds. The summed E-state index contributed by atoms with van der Waals surface area (Å²) in [5.74, 6) is -0.395. The molecular formula is C7H13NO2. The first-order chi connectivity index (χ1) is 4.66. The molecule has 0 aliphatic carbocycles. The van der Waals surface area contributed by atoms with Crippen LogP contribution in [0.5, 0.6) is 0 Å². The molecule has 0 aliphatic rings. The minimum Gasteiger partial charge on any atom is -0.447 e. The average Bonchev–Trinajstić information content (AvgIpc) is 1.87. The lowest BCUT2D eigenvalue weighted by molar-refractivity contribution is -0.138. The van der Waals surface area contributed by atoms with Crippen LogP contribution in [0.4, 0.5) is 0 Å². The summed E-state index contributed by atoms with van der Waals surface area (Å²) >= 11 is 0. The van der Waals surface area contributed by atoms with Crippen LogP contribution in [0, 0.1) is 0 Å². The van der Waals surface area contributed by atoms with Crippen molar-refractivity contribution in [3.63, 3.8) is 0 Å². The lowest BCUT2D eigenvalue weighted by atomic mass is 10.4. The van der Waals surface area contributed by atoms with Gasteiger partial charge in [0.05, 0.1) is 0 Å². The molecule has 0 bridgehead atoms. The molecule has 10 heavy (non-hydrogen) atoms. The van der Waals surface area contributed by atoms with Crippen LogP contribution in [0.25, 0.3) is 0 Å². The first-order valence-electron chi connectivity index (χ1n) is 3.19. The fraction of sp³-hybridized carbons (Fsp3) is 0.571. The molecule has 0 atom stereocenters. The molecule has 0 aliphatic heterocycles. The Morgan fingerprint density at radius 2 is 2.40 bits per heavy atom. The molecular weight excluding hydrogens is 130 g/mol. The van der Waals surface area contributed by atoms with E-state index >= 15 is 0 Å². The Morgan fingerprint density at radius 1 is 1.80 bits per heavy atom. The Morgan fingerprint density at radius 3 is 2.80 bits per heavy atom. The van der Waals surface area contributed by atoms with Gasteiger partial charge in [0.15, 0.2) is 0 Å². The van der Waals surface area contributed by atoms with Gasteiger partial charge in [-0.15, -0.1) is 0 Å². The van der Waals surface area contributed by atoms with Crippen LogP contribution in [0.2, 0.25) is 0 Å². The second kappa shape index (κ2) is 4.99. The summed E-state index contributed by atoms with van der Waals surface area (Å²) in [6.45, 7) is 7.46. The maximum atomic E-state index is 10.4. The zero-order valence-electron chi connectivity index (χ0n) is 6.39. The highest BCUT2D eigenvalue weighted by molar-refractivity contribution is 5.81. The molecule has 0 rings (SSSR count). The molecule has 0 aromatic heterocycles. The van der Waals surface area contributed by atoms with Crippen molar-refractivity contribution in [2.75, 3.05) is 6.73 Å². The molecule has 0 fully saturated rings. The maximum absolute atomic E-state index is 10.4. The zero-order chi connectivity index (χ0) is 7.98. The molecule has 0 saturated heterocycles. The van der Waals surface area contributed by atoms with Gasteiger partial charge in [-0.25, -0.2) is 4.79 Å². The SMILES string of the molecule is C=CC(=O)OCNC(C)C. The smallest absolute Gasteiger partial charge is 0.331 e. The van der Waals surface area contributed by atoms with E-state index in [1.165, 1.54) is 0 Å². The number of nitrogens with one attached hydrogen (secondary N) is 1. The minimum atomic E-state index is -0.395. The van der Waals surface area contributed by atoms with Crippen molar-refractivity contribution < 1.29 is 9.53 Å². The molecule has 3 nitrogen and oxygen atoms in total. The van der Waals surface area contributed by atoms with Gasteiger partial charge in [-0.3, -0.25) is 5.32 Å². The van der Waals surface area contributed by atoms with Crippen molar-refractivity contribution in [3.05, 3.63) is 12.7 Å². The Bertz CT molecular complexity index is 121. The Labute approximate surface area is 61.1 Å². The van der Waals surface area contributed by atoms with E-state index in [-0.39, 0.29) is 6.73 Å². The first-order valence-corrected chi connectivity index (χ1v) is 3.19. The monoisotopic (exact) mass is 143 g/mol. The van der Waals surface area contributed by atoms with E-state index in [4.69, 9.17) is 0 Å². The topological polar surface area (TPSA) is 38.3 Å². The quantitative estimate of drug-likeness (QED) is 0.357. The van der Waals surface area contributed by atoms with E-state index in [0.29, 0.717) is 6.04 Å². The normalized spacial score (nSPS) is 9.50. The van der Waals surface area contributed by atoms with Crippen molar-refractivity contribution in [3.8, 4) is 0 Å². The first kappa shape index (κ1) is 9.17. The van der Waals surface area contributed by atoms with Gasteiger partial charge < -0.3 is 4.74 Å². The van der Waals surface area contributed by atoms with Crippen LogP contribution >= 0.6 is 0 Å². The van der Waals surface area contributed by atoms with Crippen molar-refractivity contribution in [1.82, 2.24) is 5.32 Å². The molecule has 0 unspecified atom stereocenters. The molecule has 0 spiro atoms. The predicted molar refractivity (Wildman–Crippen MR) is 39.4 cm³/mol. The summed E-state index contributed by atoms with van der Waals surface area (Å²) in [6, 6.07) is 0.331. The second-order valence-corrected chi connectivity index (χ2v) is 2.17. The van der Waals surface area contributed by atoms with E-state index in [2.05, 4.69) is 16.6 Å². The predicted octanol–water partition coefficient (Wildman–Crippen LogP) is 0.671. The van der Waals surface area contributed by atoms with E-state index in [9.17, 15) is 4.79 Å². The fourth-order valence-corrected chi connectivity index (χ4v) is 0.338. The van der Waals surface area contributed by atoms with Gasteiger partial charge in [0.25, 0.3) is 0 Å². The van der Waals surface area contributed by atoms with E-state index in [1.807, 2.05) is 13.8 Å². The third-order valence-electron chi connectivity index (χ3n) is 0.873. The molecule has 0 heterocycles. The molecule has 0 radical (unpaired) electrons. The summed E-state index contributed by atoms with van der Waals surface area (Å²) in [7, 11) is 0. The zero-order valence-corrected chi connectivity index (χ0v) is 6.39. The second-order valence-electron chi connectivity index (χ2n) is 2.17. The highest BCUT2D eigenvalue weighted by atomic mass is 16.5. The van der Waals surface area contributed by atoms with Gasteiger partial charge in [-0.05, 0) is 13.8 Å². The Kier molecular flexibility index (Phi) is 4.58. The van der Waals surface area contributed by atoms with Gasteiger partial charge in [-0.2, -0.15) is 0 Å². The number of hydrogen-bond acceptors (Lipinski definition) is 3. The Hall–Kier alpha value is -0.830. The van der Waals surface area contributed by atoms with Gasteiger partial charge >= 0.3 is 5.97 Å². The molecule has 58 valence electrons. The summed E-state index contributed by atoms with van der Waals surface area (Å²) in [6.07, 6.45) is 1.14. The lowest BCUT2D eigenvalue weighted by Gasteiger charge is -2.06. The molecule has 3 heteroatoms. The summed E-state index contributed by atoms with van der Waals surface area (Å²) in [4.78, 5) is 10.4. The van der Waals surface area contributed by atoms with Crippen LogP contribution in [0.1, 0.15) is 13.8 Å². The van der Waals surface area contributed by atoms with E-state index in [1.54, 1.807) is 0 Å². The number of ether oxygens (including phenoxy) is 1. The number of rotatable bonds is 4. The van der Waals surface area contributed by atoms with Crippen LogP contribution in [-0.4, -0.2) is 18.7 Å². The van der Waals surface area contributed by atoms with Crippen molar-refractivity contribution in [1.29, 1.82) is 0 Å². The molecule has 1 N–H and O–H groups in total. The van der Waals surface area contributed by atoms with Crippen LogP contribution < -0.4 is 5.32 Å². The lowest BCUT2D eigenvalue weighted by Crippen LogP contribution is -2.26. The minimum absolute atomic E-state index is 0.252. The van der Waals surface area contributed by atoms with Gasteiger partial charge in [0.1, 0.15) is 6.73 Å². The summed E-state index contributed by atoms with van der Waals surface area (Å²) in [5.41, 5.74) is 0. The maximum Gasteiger partial charge on any atom is 0.331 e. The fourth-order valence-electron chi connectivity index (χ4n) is 0.338. The highest BCUT2D eigenvalue weighted by Gasteiger charge is 1.94. The van der Waals surface area contributed by atoms with Gasteiger partial charge in [-0.1, -0.05) is 6.58 Å². The molecule has 0 aromatic rings. The Balaban J connectivity index is 3.19. The van der Waals surface area contributed by atoms with E-state index < -0.39 is 5.97 Å². The number of carbonyl (C=O) groups excluding carboxylic acids is 1. The van der Waals surface area contributed by atoms with Gasteiger partial charge in [0.2, 0.25) is 0 Å².